The normalized spacial score (nSPS) is 14.2. The predicted molar refractivity (Wildman–Crippen MR) is 40.1 cm³/mol. The van der Waals surface area contributed by atoms with Gasteiger partial charge in [0.2, 0.25) is 0 Å². The third kappa shape index (κ3) is 1.99. The number of carbonyl (C=O) groups is 1. The van der Waals surface area contributed by atoms with Crippen molar-refractivity contribution in [2.75, 3.05) is 0 Å². The molecule has 0 radical (unpaired) electrons. The monoisotopic (exact) mass is 234 g/mol. The summed E-state index contributed by atoms with van der Waals surface area (Å²) in [5.41, 5.74) is 0. The third-order valence-electron chi connectivity index (χ3n) is 1.54. The van der Waals surface area contributed by atoms with Crippen molar-refractivity contribution >= 4 is 21.2 Å². The first-order valence-electron chi connectivity index (χ1n) is 2.79. The molecule has 0 aromatic heterocycles. The molecule has 10 heteroatoms. The molecule has 0 amide bonds. The molecule has 0 spiro atoms. The van der Waals surface area contributed by atoms with Gasteiger partial charge in [-0.25, -0.2) is 0 Å². The highest BCUT2D eigenvalue weighted by Crippen LogP contribution is 2.68. The molecular formula is C3H8O8P2. The first kappa shape index (κ1) is 12.8. The van der Waals surface area contributed by atoms with Crippen LogP contribution in [0.15, 0.2) is 0 Å². The molecule has 0 aromatic rings. The van der Waals surface area contributed by atoms with Crippen LogP contribution in [-0.2, 0) is 13.9 Å². The summed E-state index contributed by atoms with van der Waals surface area (Å²) in [6.45, 7) is 0.302. The number of carboxylic acids is 1. The lowest BCUT2D eigenvalue weighted by Gasteiger charge is -2.25. The van der Waals surface area contributed by atoms with E-state index >= 15 is 0 Å². The number of hydrogen-bond acceptors (Lipinski definition) is 3. The standard InChI is InChI=1S/C3H8O8P2/c1-3(2(4)5,12(6,7)8)13(9,10)11/h1H3,(H,4,5)(H2,6,7,8)(H2,9,10,11). The average molecular weight is 234 g/mol. The summed E-state index contributed by atoms with van der Waals surface area (Å²) in [5.74, 6) is -2.24. The molecule has 0 unspecified atom stereocenters. The highest BCUT2D eigenvalue weighted by Gasteiger charge is 2.62. The van der Waals surface area contributed by atoms with Gasteiger partial charge in [0.15, 0.2) is 0 Å². The maximum Gasteiger partial charge on any atom is 0.354 e. The molecule has 0 heterocycles. The van der Waals surface area contributed by atoms with E-state index in [4.69, 9.17) is 24.7 Å². The molecule has 0 aliphatic carbocycles. The Bertz CT molecular complexity index is 285. The van der Waals surface area contributed by atoms with Crippen LogP contribution in [0.3, 0.4) is 0 Å². The van der Waals surface area contributed by atoms with Crippen molar-refractivity contribution in [3.8, 4) is 0 Å². The molecule has 0 saturated carbocycles. The number of aliphatic carboxylic acids is 1. The van der Waals surface area contributed by atoms with Gasteiger partial charge in [-0.1, -0.05) is 0 Å². The van der Waals surface area contributed by atoms with Gasteiger partial charge in [-0.15, -0.1) is 0 Å². The van der Waals surface area contributed by atoms with Crippen molar-refractivity contribution in [3.05, 3.63) is 0 Å². The molecule has 0 fully saturated rings. The molecule has 0 saturated heterocycles. The maximum absolute atomic E-state index is 10.6. The number of hydrogen-bond donors (Lipinski definition) is 5. The summed E-state index contributed by atoms with van der Waals surface area (Å²) in [6.07, 6.45) is 0. The van der Waals surface area contributed by atoms with Crippen molar-refractivity contribution in [1.82, 2.24) is 0 Å². The first-order chi connectivity index (χ1) is 5.44. The molecule has 0 aliphatic heterocycles. The molecule has 0 atom stereocenters. The zero-order valence-electron chi connectivity index (χ0n) is 6.36. The van der Waals surface area contributed by atoms with Crippen LogP contribution < -0.4 is 0 Å². The van der Waals surface area contributed by atoms with E-state index in [1.807, 2.05) is 0 Å². The van der Waals surface area contributed by atoms with Gasteiger partial charge in [0.05, 0.1) is 0 Å². The fourth-order valence-electron chi connectivity index (χ4n) is 0.419. The fourth-order valence-corrected chi connectivity index (χ4v) is 2.27. The van der Waals surface area contributed by atoms with Crippen molar-refractivity contribution in [1.29, 1.82) is 0 Å². The van der Waals surface area contributed by atoms with E-state index in [-0.39, 0.29) is 0 Å². The minimum Gasteiger partial charge on any atom is -0.480 e. The van der Waals surface area contributed by atoms with Gasteiger partial charge in [-0.2, -0.15) is 0 Å². The summed E-state index contributed by atoms with van der Waals surface area (Å²) in [7, 11) is -10.9. The summed E-state index contributed by atoms with van der Waals surface area (Å²) in [5, 5.41) is 8.32. The average Bonchev–Trinajstić information content (AvgIpc) is 1.80. The minimum absolute atomic E-state index is 0.302. The van der Waals surface area contributed by atoms with E-state index in [0.717, 1.165) is 0 Å². The highest BCUT2D eigenvalue weighted by atomic mass is 31.2. The zero-order chi connectivity index (χ0) is 11.1. The Kier molecular flexibility index (Phi) is 3.11. The van der Waals surface area contributed by atoms with Crippen molar-refractivity contribution in [3.63, 3.8) is 0 Å². The molecule has 8 nitrogen and oxygen atoms in total. The van der Waals surface area contributed by atoms with Crippen molar-refractivity contribution in [2.24, 2.45) is 0 Å². The number of rotatable bonds is 3. The van der Waals surface area contributed by atoms with E-state index in [0.29, 0.717) is 6.92 Å². The molecular weight excluding hydrogens is 226 g/mol. The van der Waals surface area contributed by atoms with Gasteiger partial charge >= 0.3 is 21.2 Å². The Morgan fingerprint density at radius 1 is 1.08 bits per heavy atom. The van der Waals surface area contributed by atoms with Gasteiger partial charge < -0.3 is 24.7 Å². The second kappa shape index (κ2) is 3.16. The van der Waals surface area contributed by atoms with Gasteiger partial charge in [0.1, 0.15) is 0 Å². The smallest absolute Gasteiger partial charge is 0.354 e. The SMILES string of the molecule is CC(C(=O)O)(P(=O)(O)O)P(=O)(O)O. The predicted octanol–water partition coefficient (Wildman–Crippen LogP) is -0.857. The molecule has 0 aromatic carbocycles. The van der Waals surface area contributed by atoms with Crippen LogP contribution in [-0.4, -0.2) is 35.5 Å². The van der Waals surface area contributed by atoms with Gasteiger partial charge in [0, 0.05) is 0 Å². The van der Waals surface area contributed by atoms with E-state index < -0.39 is 26.1 Å². The van der Waals surface area contributed by atoms with E-state index in [2.05, 4.69) is 0 Å². The lowest BCUT2D eigenvalue weighted by atomic mass is 10.5. The molecule has 78 valence electrons. The quantitative estimate of drug-likeness (QED) is 0.395. The molecule has 5 N–H and O–H groups in total. The van der Waals surface area contributed by atoms with E-state index in [9.17, 15) is 13.9 Å². The maximum atomic E-state index is 10.6. The topological polar surface area (TPSA) is 152 Å². The van der Waals surface area contributed by atoms with Crippen LogP contribution in [0, 0.1) is 0 Å². The lowest BCUT2D eigenvalue weighted by Crippen LogP contribution is -2.34. The van der Waals surface area contributed by atoms with Crippen molar-refractivity contribution < 1.29 is 38.6 Å². The Morgan fingerprint density at radius 2 is 1.31 bits per heavy atom. The Hall–Kier alpha value is -0.230. The van der Waals surface area contributed by atoms with Crippen LogP contribution in [0.4, 0.5) is 0 Å². The minimum atomic E-state index is -5.43. The van der Waals surface area contributed by atoms with Crippen molar-refractivity contribution in [2.45, 2.75) is 11.8 Å². The van der Waals surface area contributed by atoms with Gasteiger partial charge in [0.25, 0.3) is 4.90 Å². The first-order valence-corrected chi connectivity index (χ1v) is 6.01. The zero-order valence-corrected chi connectivity index (χ0v) is 8.14. The van der Waals surface area contributed by atoms with Crippen LogP contribution in [0.2, 0.25) is 0 Å². The Labute approximate surface area is 72.5 Å². The summed E-state index contributed by atoms with van der Waals surface area (Å²) in [4.78, 5) is 40.9. The lowest BCUT2D eigenvalue weighted by molar-refractivity contribution is -0.138. The second-order valence-corrected chi connectivity index (χ2v) is 6.73. The molecule has 13 heavy (non-hydrogen) atoms. The largest absolute Gasteiger partial charge is 0.480 e. The van der Waals surface area contributed by atoms with Crippen LogP contribution >= 0.6 is 15.2 Å². The fraction of sp³-hybridized carbons (Fsp3) is 0.667. The summed E-state index contributed by atoms with van der Waals surface area (Å²) >= 11 is 0. The summed E-state index contributed by atoms with van der Waals surface area (Å²) in [6, 6.07) is 0. The van der Waals surface area contributed by atoms with Crippen LogP contribution in [0.1, 0.15) is 6.92 Å². The Morgan fingerprint density at radius 3 is 1.31 bits per heavy atom. The second-order valence-electron chi connectivity index (χ2n) is 2.41. The molecule has 0 rings (SSSR count). The van der Waals surface area contributed by atoms with E-state index in [1.165, 1.54) is 0 Å². The Balaban J connectivity index is 5.64. The van der Waals surface area contributed by atoms with Crippen LogP contribution in [0.25, 0.3) is 0 Å². The van der Waals surface area contributed by atoms with Gasteiger partial charge in [-0.3, -0.25) is 13.9 Å². The highest BCUT2D eigenvalue weighted by molar-refractivity contribution is 7.74. The van der Waals surface area contributed by atoms with Crippen LogP contribution in [0.5, 0.6) is 0 Å². The van der Waals surface area contributed by atoms with Gasteiger partial charge in [-0.05, 0) is 6.92 Å². The number of carboxylic acid groups (broad SMARTS) is 1. The molecule has 0 bridgehead atoms. The third-order valence-corrected chi connectivity index (χ3v) is 5.75. The van der Waals surface area contributed by atoms with E-state index in [1.54, 1.807) is 0 Å². The summed E-state index contributed by atoms with van der Waals surface area (Å²) < 4.78 is 21.1. The molecule has 0 aliphatic rings.